The molecule has 3 N–H and O–H groups in total. The summed E-state index contributed by atoms with van der Waals surface area (Å²) in [5, 5.41) is 12.6. The molecule has 0 bridgehead atoms. The number of carbonyl (C=O) groups excluding carboxylic acids is 1. The molecule has 0 aromatic heterocycles. The van der Waals surface area contributed by atoms with Gasteiger partial charge in [0.2, 0.25) is 15.9 Å². The van der Waals surface area contributed by atoms with E-state index in [-0.39, 0.29) is 36.7 Å². The third-order valence-corrected chi connectivity index (χ3v) is 11.9. The number of sulfonamides is 1. The van der Waals surface area contributed by atoms with Gasteiger partial charge in [-0.1, -0.05) is 121 Å². The standard InChI is InChI=1S/C45H49N3O7S/c1-32-11-21-40(22-12-32)56(51,52)47-42(27-33-7-3-2-4-8-33)44(50)46-29-38-9-5-6-10-41(38)35-17-19-37(20-18-35)45-54-39(30-48-23-25-53-26-24-48)28-43(55-45)36-15-13-34(31-49)14-16-36/h2-22,39,42-43,45,47,49H,23-31H2,1H3,(H,46,50)/t39-,42+,43+,45+/m0/s1. The highest BCUT2D eigenvalue weighted by Crippen LogP contribution is 2.39. The maximum atomic E-state index is 13.8. The van der Waals surface area contributed by atoms with Crippen LogP contribution < -0.4 is 10.0 Å². The van der Waals surface area contributed by atoms with E-state index in [1.807, 2.05) is 110 Å². The molecule has 5 aromatic carbocycles. The minimum absolute atomic E-state index is 0.0100. The molecule has 0 spiro atoms. The smallest absolute Gasteiger partial charge is 0.241 e. The van der Waals surface area contributed by atoms with Crippen molar-refractivity contribution in [3.05, 3.63) is 161 Å². The SMILES string of the molecule is Cc1ccc(S(=O)(=O)N[C@H](Cc2ccccc2)C(=O)NCc2ccccc2-c2ccc([C@@H]3O[C@H](CN4CCOCC4)C[C@H](c4ccc(CO)cc4)O3)cc2)cc1. The topological polar surface area (TPSA) is 126 Å². The van der Waals surface area contributed by atoms with E-state index in [9.17, 15) is 18.3 Å². The summed E-state index contributed by atoms with van der Waals surface area (Å²) < 4.78 is 48.2. The van der Waals surface area contributed by atoms with Gasteiger partial charge < -0.3 is 24.6 Å². The monoisotopic (exact) mass is 775 g/mol. The zero-order valence-electron chi connectivity index (χ0n) is 31.5. The molecule has 4 atom stereocenters. The molecule has 292 valence electrons. The van der Waals surface area contributed by atoms with Crippen molar-refractivity contribution in [1.82, 2.24) is 14.9 Å². The third-order valence-electron chi connectivity index (χ3n) is 10.4. The molecule has 2 aliphatic heterocycles. The van der Waals surface area contributed by atoms with E-state index in [4.69, 9.17) is 14.2 Å². The molecule has 11 heteroatoms. The van der Waals surface area contributed by atoms with E-state index in [2.05, 4.69) is 14.9 Å². The first-order valence-corrected chi connectivity index (χ1v) is 20.6. The van der Waals surface area contributed by atoms with Crippen molar-refractivity contribution in [2.24, 2.45) is 0 Å². The Kier molecular flexibility index (Phi) is 13.0. The number of aliphatic hydroxyl groups excluding tert-OH is 1. The second kappa shape index (κ2) is 18.5. The zero-order valence-corrected chi connectivity index (χ0v) is 32.4. The van der Waals surface area contributed by atoms with Gasteiger partial charge in [0.05, 0.1) is 36.9 Å². The van der Waals surface area contributed by atoms with Crippen LogP contribution in [0.2, 0.25) is 0 Å². The summed E-state index contributed by atoms with van der Waals surface area (Å²) in [5.74, 6) is -0.423. The Hall–Kier alpha value is -4.72. The second-order valence-corrected chi connectivity index (χ2v) is 16.2. The van der Waals surface area contributed by atoms with E-state index in [1.54, 1.807) is 24.3 Å². The summed E-state index contributed by atoms with van der Waals surface area (Å²) >= 11 is 0. The Morgan fingerprint density at radius 1 is 0.804 bits per heavy atom. The predicted octanol–water partition coefficient (Wildman–Crippen LogP) is 6.24. The van der Waals surface area contributed by atoms with Gasteiger partial charge in [-0.2, -0.15) is 4.72 Å². The van der Waals surface area contributed by atoms with Crippen LogP contribution in [0.5, 0.6) is 0 Å². The Morgan fingerprint density at radius 2 is 1.48 bits per heavy atom. The number of ether oxygens (including phenoxy) is 3. The molecule has 2 saturated heterocycles. The summed E-state index contributed by atoms with van der Waals surface area (Å²) in [6.07, 6.45) is 0.0949. The molecule has 2 heterocycles. The predicted molar refractivity (Wildman–Crippen MR) is 215 cm³/mol. The van der Waals surface area contributed by atoms with Gasteiger partial charge in [-0.05, 0) is 58.9 Å². The third kappa shape index (κ3) is 10.2. The van der Waals surface area contributed by atoms with Crippen molar-refractivity contribution < 1.29 is 32.5 Å². The minimum Gasteiger partial charge on any atom is -0.392 e. The largest absolute Gasteiger partial charge is 0.392 e. The highest BCUT2D eigenvalue weighted by Gasteiger charge is 2.33. The maximum Gasteiger partial charge on any atom is 0.241 e. The maximum absolute atomic E-state index is 13.8. The number of hydrogen-bond acceptors (Lipinski definition) is 8. The molecule has 0 aliphatic carbocycles. The highest BCUT2D eigenvalue weighted by atomic mass is 32.2. The molecule has 0 unspecified atom stereocenters. The Bertz CT molecular complexity index is 2140. The van der Waals surface area contributed by atoms with Crippen LogP contribution in [0.1, 0.15) is 52.2 Å². The number of nitrogens with one attached hydrogen (secondary N) is 2. The molecule has 10 nitrogen and oxygen atoms in total. The van der Waals surface area contributed by atoms with E-state index < -0.39 is 28.3 Å². The van der Waals surface area contributed by atoms with Gasteiger partial charge in [-0.15, -0.1) is 0 Å². The summed E-state index contributed by atoms with van der Waals surface area (Å²) in [6.45, 7) is 6.02. The van der Waals surface area contributed by atoms with Crippen LogP contribution in [0.4, 0.5) is 0 Å². The summed E-state index contributed by atoms with van der Waals surface area (Å²) in [4.78, 5) is 16.3. The molecule has 7 rings (SSSR count). The first-order valence-electron chi connectivity index (χ1n) is 19.1. The first kappa shape index (κ1) is 39.5. The highest BCUT2D eigenvalue weighted by molar-refractivity contribution is 7.89. The van der Waals surface area contributed by atoms with Crippen LogP contribution in [0, 0.1) is 6.92 Å². The Labute approximate surface area is 329 Å². The lowest BCUT2D eigenvalue weighted by Gasteiger charge is -2.39. The number of benzene rings is 5. The quantitative estimate of drug-likeness (QED) is 0.121. The van der Waals surface area contributed by atoms with Crippen LogP contribution >= 0.6 is 0 Å². The second-order valence-electron chi connectivity index (χ2n) is 14.4. The van der Waals surface area contributed by atoms with Crippen LogP contribution in [0.15, 0.2) is 132 Å². The lowest BCUT2D eigenvalue weighted by atomic mass is 9.97. The van der Waals surface area contributed by atoms with Gasteiger partial charge in [-0.25, -0.2) is 8.42 Å². The van der Waals surface area contributed by atoms with Crippen molar-refractivity contribution >= 4 is 15.9 Å². The van der Waals surface area contributed by atoms with Crippen molar-refractivity contribution in [3.8, 4) is 11.1 Å². The minimum atomic E-state index is -3.97. The number of aliphatic hydroxyl groups is 1. The van der Waals surface area contributed by atoms with Crippen LogP contribution in [-0.2, 0) is 48.6 Å². The average molecular weight is 776 g/mol. The van der Waals surface area contributed by atoms with Gasteiger partial charge in [0.15, 0.2) is 6.29 Å². The lowest BCUT2D eigenvalue weighted by molar-refractivity contribution is -0.253. The Balaban J connectivity index is 1.06. The van der Waals surface area contributed by atoms with Crippen LogP contribution in [0.25, 0.3) is 11.1 Å². The zero-order chi connectivity index (χ0) is 38.9. The average Bonchev–Trinajstić information content (AvgIpc) is 3.23. The Morgan fingerprint density at radius 3 is 2.20 bits per heavy atom. The van der Waals surface area contributed by atoms with Gasteiger partial charge in [-0.3, -0.25) is 9.69 Å². The molecule has 5 aromatic rings. The molecule has 0 saturated carbocycles. The van der Waals surface area contributed by atoms with Crippen molar-refractivity contribution in [2.45, 2.75) is 62.4 Å². The molecule has 2 aliphatic rings. The number of carbonyl (C=O) groups is 1. The normalized spacial score (nSPS) is 19.6. The molecule has 1 amide bonds. The number of nitrogens with zero attached hydrogens (tertiary/aromatic N) is 1. The first-order chi connectivity index (χ1) is 27.2. The van der Waals surface area contributed by atoms with Crippen molar-refractivity contribution in [3.63, 3.8) is 0 Å². The van der Waals surface area contributed by atoms with E-state index in [0.29, 0.717) is 19.6 Å². The summed E-state index contributed by atoms with van der Waals surface area (Å²) in [7, 11) is -3.97. The molecular formula is C45H49N3O7S. The number of aryl methyl sites for hydroxylation is 1. The van der Waals surface area contributed by atoms with Crippen LogP contribution in [-0.4, -0.2) is 69.3 Å². The number of hydrogen-bond donors (Lipinski definition) is 3. The van der Waals surface area contributed by atoms with Gasteiger partial charge >= 0.3 is 0 Å². The van der Waals surface area contributed by atoms with Gasteiger partial charge in [0.25, 0.3) is 0 Å². The van der Waals surface area contributed by atoms with Crippen molar-refractivity contribution in [2.75, 3.05) is 32.8 Å². The molecule has 56 heavy (non-hydrogen) atoms. The molecule has 0 radical (unpaired) electrons. The van der Waals surface area contributed by atoms with Crippen LogP contribution in [0.3, 0.4) is 0 Å². The lowest BCUT2D eigenvalue weighted by Crippen LogP contribution is -2.47. The summed E-state index contributed by atoms with van der Waals surface area (Å²) in [6, 6.07) is 38.8. The van der Waals surface area contributed by atoms with Crippen molar-refractivity contribution in [1.29, 1.82) is 0 Å². The number of amides is 1. The van der Waals surface area contributed by atoms with E-state index in [1.165, 1.54) is 0 Å². The van der Waals surface area contributed by atoms with E-state index >= 15 is 0 Å². The van der Waals surface area contributed by atoms with Gasteiger partial charge in [0, 0.05) is 38.2 Å². The fourth-order valence-electron chi connectivity index (χ4n) is 7.20. The molecular weight excluding hydrogens is 727 g/mol. The number of rotatable bonds is 14. The molecule has 2 fully saturated rings. The van der Waals surface area contributed by atoms with E-state index in [0.717, 1.165) is 64.1 Å². The fourth-order valence-corrected chi connectivity index (χ4v) is 8.39. The number of morpholine rings is 1. The fraction of sp³-hybridized carbons (Fsp3) is 0.311. The summed E-state index contributed by atoms with van der Waals surface area (Å²) in [5.41, 5.74) is 7.35. The van der Waals surface area contributed by atoms with Gasteiger partial charge in [0.1, 0.15) is 6.04 Å².